The molecule has 2 aromatic heterocycles. The van der Waals surface area contributed by atoms with Crippen LogP contribution >= 0.6 is 0 Å². The Morgan fingerprint density at radius 1 is 0.429 bits per heavy atom. The number of hydrogen-bond donors (Lipinski definition) is 0. The number of aryl methyl sites for hydroxylation is 2. The third-order valence-corrected chi connectivity index (χ3v) is 5.52. The van der Waals surface area contributed by atoms with Gasteiger partial charge in [-0.15, -0.1) is 10.2 Å². The highest BCUT2D eigenvalue weighted by Gasteiger charge is 2.00. The third-order valence-electron chi connectivity index (χ3n) is 5.52. The Hall–Kier alpha value is -3.26. The lowest BCUT2D eigenvalue weighted by atomic mass is 10.1. The Bertz CT molecular complexity index is 1010. The van der Waals surface area contributed by atoms with E-state index in [-0.39, 0.29) is 0 Å². The van der Waals surface area contributed by atoms with Gasteiger partial charge in [-0.1, -0.05) is 24.3 Å². The van der Waals surface area contributed by atoms with Crippen molar-refractivity contribution in [2.75, 3.05) is 79.3 Å². The Labute approximate surface area is 247 Å². The lowest BCUT2D eigenvalue weighted by Gasteiger charge is -2.09. The van der Waals surface area contributed by atoms with Gasteiger partial charge in [-0.2, -0.15) is 10.2 Å². The highest BCUT2D eigenvalue weighted by Crippen LogP contribution is 2.08. The topological polar surface area (TPSA) is 125 Å². The van der Waals surface area contributed by atoms with Crippen molar-refractivity contribution in [1.29, 1.82) is 0 Å². The van der Waals surface area contributed by atoms with Gasteiger partial charge in [-0.3, -0.25) is 0 Å². The summed E-state index contributed by atoms with van der Waals surface area (Å²) in [5.41, 5.74) is 3.88. The van der Waals surface area contributed by atoms with E-state index in [1.54, 1.807) is 12.1 Å². The maximum atomic E-state index is 5.72. The Kier molecular flexibility index (Phi) is 17.0. The van der Waals surface area contributed by atoms with E-state index in [1.165, 1.54) is 0 Å². The fourth-order valence-corrected chi connectivity index (χ4v) is 3.41. The van der Waals surface area contributed by atoms with E-state index in [0.717, 1.165) is 22.5 Å². The summed E-state index contributed by atoms with van der Waals surface area (Å²) in [7, 11) is 0. The van der Waals surface area contributed by atoms with Crippen LogP contribution in [0, 0.1) is 13.8 Å². The molecule has 0 aliphatic carbocycles. The summed E-state index contributed by atoms with van der Waals surface area (Å²) in [5, 5.41) is 15.8. The van der Waals surface area contributed by atoms with Gasteiger partial charge in [0.05, 0.1) is 90.7 Å². The molecule has 12 nitrogen and oxygen atoms in total. The molecule has 0 spiro atoms. The number of rotatable bonds is 24. The highest BCUT2D eigenvalue weighted by atomic mass is 16.6. The van der Waals surface area contributed by atoms with E-state index in [0.29, 0.717) is 104 Å². The second-order valence-electron chi connectivity index (χ2n) is 9.10. The normalized spacial score (nSPS) is 11.1. The minimum absolute atomic E-state index is 0.415. The number of hydrogen-bond acceptors (Lipinski definition) is 12. The molecule has 0 fully saturated rings. The molecule has 0 saturated carbocycles. The predicted octanol–water partition coefficient (Wildman–Crippen LogP) is 3.14. The molecule has 3 rings (SSSR count). The van der Waals surface area contributed by atoms with Crippen LogP contribution in [0.25, 0.3) is 0 Å². The van der Waals surface area contributed by atoms with Crippen LogP contribution in [0.1, 0.15) is 22.5 Å². The van der Waals surface area contributed by atoms with E-state index in [4.69, 9.17) is 37.9 Å². The molecule has 2 heterocycles. The van der Waals surface area contributed by atoms with Crippen LogP contribution in [0.4, 0.5) is 0 Å². The summed E-state index contributed by atoms with van der Waals surface area (Å²) in [6.07, 6.45) is 0. The molecular weight excluding hydrogens is 544 g/mol. The van der Waals surface area contributed by atoms with E-state index >= 15 is 0 Å². The van der Waals surface area contributed by atoms with Crippen LogP contribution in [0.3, 0.4) is 0 Å². The summed E-state index contributed by atoms with van der Waals surface area (Å²) in [4.78, 5) is 0. The molecule has 12 heteroatoms. The summed E-state index contributed by atoms with van der Waals surface area (Å²) >= 11 is 0. The minimum atomic E-state index is 0.415. The Morgan fingerprint density at radius 2 is 0.810 bits per heavy atom. The first-order chi connectivity index (χ1) is 20.7. The molecule has 0 radical (unpaired) electrons. The first kappa shape index (κ1) is 33.2. The minimum Gasteiger partial charge on any atom is -0.474 e. The van der Waals surface area contributed by atoms with Crippen molar-refractivity contribution in [3.63, 3.8) is 0 Å². The van der Waals surface area contributed by atoms with E-state index in [2.05, 4.69) is 26.5 Å². The average molecular weight is 587 g/mol. The quantitative estimate of drug-likeness (QED) is 0.143. The molecule has 0 bridgehead atoms. The number of aromatic nitrogens is 4. The van der Waals surface area contributed by atoms with Gasteiger partial charge in [0.2, 0.25) is 11.8 Å². The maximum Gasteiger partial charge on any atom is 0.233 e. The third kappa shape index (κ3) is 15.7. The first-order valence-corrected chi connectivity index (χ1v) is 14.1. The number of benzene rings is 1. The standard InChI is InChI=1S/C30H42N4O8/c1-25-6-8-29(33-31-25)41-20-18-37-12-10-35-14-16-39-23-27-4-3-5-28(22-27)24-40-17-15-36-11-13-38-19-21-42-30-9-7-26(2)32-34-30/h3-9,22H,10-21,23-24H2,1-2H3. The second-order valence-corrected chi connectivity index (χ2v) is 9.10. The zero-order valence-electron chi connectivity index (χ0n) is 24.6. The largest absolute Gasteiger partial charge is 0.474 e. The van der Waals surface area contributed by atoms with Gasteiger partial charge in [-0.05, 0) is 37.1 Å². The molecule has 230 valence electrons. The van der Waals surface area contributed by atoms with Gasteiger partial charge >= 0.3 is 0 Å². The van der Waals surface area contributed by atoms with Crippen LogP contribution in [-0.4, -0.2) is 99.7 Å². The van der Waals surface area contributed by atoms with Crippen LogP contribution < -0.4 is 9.47 Å². The number of ether oxygens (including phenoxy) is 8. The zero-order chi connectivity index (χ0) is 29.5. The monoisotopic (exact) mass is 586 g/mol. The van der Waals surface area contributed by atoms with Crippen LogP contribution in [0.2, 0.25) is 0 Å². The fraction of sp³-hybridized carbons (Fsp3) is 0.533. The molecule has 0 aliphatic rings. The lowest BCUT2D eigenvalue weighted by molar-refractivity contribution is 0.00493. The van der Waals surface area contributed by atoms with Gasteiger partial charge in [0, 0.05) is 12.1 Å². The fourth-order valence-electron chi connectivity index (χ4n) is 3.41. The average Bonchev–Trinajstić information content (AvgIpc) is 3.00. The summed E-state index contributed by atoms with van der Waals surface area (Å²) in [5.74, 6) is 0.986. The highest BCUT2D eigenvalue weighted by molar-refractivity contribution is 5.22. The van der Waals surface area contributed by atoms with E-state index in [1.807, 2.05) is 44.2 Å². The molecule has 42 heavy (non-hydrogen) atoms. The summed E-state index contributed by atoms with van der Waals surface area (Å²) in [6, 6.07) is 15.4. The molecule has 3 aromatic rings. The van der Waals surface area contributed by atoms with Crippen molar-refractivity contribution in [2.45, 2.75) is 27.1 Å². The molecule has 0 atom stereocenters. The van der Waals surface area contributed by atoms with Crippen molar-refractivity contribution >= 4 is 0 Å². The zero-order valence-corrected chi connectivity index (χ0v) is 24.6. The van der Waals surface area contributed by atoms with Gasteiger partial charge in [0.15, 0.2) is 0 Å². The maximum absolute atomic E-state index is 5.72. The SMILES string of the molecule is Cc1ccc(OCCOCCOCCOCc2cccc(COCCOCCOCCOc3ccc(C)nn3)c2)nn1. The Balaban J connectivity index is 1.07. The van der Waals surface area contributed by atoms with E-state index in [9.17, 15) is 0 Å². The van der Waals surface area contributed by atoms with Crippen LogP contribution in [0.5, 0.6) is 11.8 Å². The molecule has 0 N–H and O–H groups in total. The van der Waals surface area contributed by atoms with Crippen LogP contribution in [-0.2, 0) is 41.6 Å². The van der Waals surface area contributed by atoms with Gasteiger partial charge in [-0.25, -0.2) is 0 Å². The van der Waals surface area contributed by atoms with Gasteiger partial charge in [0.25, 0.3) is 0 Å². The molecule has 0 saturated heterocycles. The molecule has 0 unspecified atom stereocenters. The second kappa shape index (κ2) is 21.4. The molecular formula is C30H42N4O8. The number of nitrogens with zero attached hydrogens (tertiary/aromatic N) is 4. The van der Waals surface area contributed by atoms with Crippen LogP contribution in [0.15, 0.2) is 48.5 Å². The molecule has 0 aliphatic heterocycles. The molecule has 1 aromatic carbocycles. The van der Waals surface area contributed by atoms with Crippen molar-refractivity contribution < 1.29 is 37.9 Å². The lowest BCUT2D eigenvalue weighted by Crippen LogP contribution is -2.13. The first-order valence-electron chi connectivity index (χ1n) is 14.1. The summed E-state index contributed by atoms with van der Waals surface area (Å²) < 4.78 is 44.4. The Morgan fingerprint density at radius 3 is 1.19 bits per heavy atom. The van der Waals surface area contributed by atoms with Gasteiger partial charge < -0.3 is 37.9 Å². The van der Waals surface area contributed by atoms with Crippen molar-refractivity contribution in [3.05, 3.63) is 71.0 Å². The van der Waals surface area contributed by atoms with Crippen molar-refractivity contribution in [2.24, 2.45) is 0 Å². The predicted molar refractivity (Wildman–Crippen MR) is 154 cm³/mol. The van der Waals surface area contributed by atoms with Crippen molar-refractivity contribution in [3.8, 4) is 11.8 Å². The van der Waals surface area contributed by atoms with E-state index < -0.39 is 0 Å². The smallest absolute Gasteiger partial charge is 0.233 e. The summed E-state index contributed by atoms with van der Waals surface area (Å²) in [6.45, 7) is 10.5. The molecule has 0 amide bonds. The van der Waals surface area contributed by atoms with Gasteiger partial charge in [0.1, 0.15) is 13.2 Å². The van der Waals surface area contributed by atoms with Crippen molar-refractivity contribution in [1.82, 2.24) is 20.4 Å².